The maximum Gasteiger partial charge on any atom is 0.281 e. The molecule has 1 heterocycles. The molecular formula is C11H25N3O2S. The van der Waals surface area contributed by atoms with Gasteiger partial charge in [0.25, 0.3) is 10.2 Å². The first-order chi connectivity index (χ1) is 7.91. The SMILES string of the molecule is CC1CCCN(S(=O)(=O)N(C)CCCN)C1C. The molecule has 0 aromatic heterocycles. The fourth-order valence-electron chi connectivity index (χ4n) is 2.23. The lowest BCUT2D eigenvalue weighted by Crippen LogP contribution is -2.51. The Morgan fingerprint density at radius 3 is 2.65 bits per heavy atom. The maximum atomic E-state index is 12.4. The van der Waals surface area contributed by atoms with Crippen LogP contribution in [-0.2, 0) is 10.2 Å². The first-order valence-electron chi connectivity index (χ1n) is 6.34. The van der Waals surface area contributed by atoms with Gasteiger partial charge in [0.05, 0.1) is 0 Å². The van der Waals surface area contributed by atoms with E-state index >= 15 is 0 Å². The third-order valence-corrected chi connectivity index (χ3v) is 5.76. The van der Waals surface area contributed by atoms with Gasteiger partial charge in [-0.25, -0.2) is 0 Å². The van der Waals surface area contributed by atoms with E-state index in [-0.39, 0.29) is 6.04 Å². The van der Waals surface area contributed by atoms with E-state index in [1.165, 1.54) is 4.31 Å². The van der Waals surface area contributed by atoms with Gasteiger partial charge in [0.2, 0.25) is 0 Å². The summed E-state index contributed by atoms with van der Waals surface area (Å²) < 4.78 is 27.8. The summed E-state index contributed by atoms with van der Waals surface area (Å²) in [7, 11) is -1.67. The van der Waals surface area contributed by atoms with E-state index in [0.717, 1.165) is 12.8 Å². The van der Waals surface area contributed by atoms with Gasteiger partial charge in [-0.1, -0.05) is 6.92 Å². The Balaban J connectivity index is 2.74. The van der Waals surface area contributed by atoms with Gasteiger partial charge in [0.1, 0.15) is 0 Å². The molecule has 1 rings (SSSR count). The second-order valence-electron chi connectivity index (χ2n) is 4.94. The van der Waals surface area contributed by atoms with Crippen molar-refractivity contribution in [1.29, 1.82) is 0 Å². The minimum Gasteiger partial charge on any atom is -0.330 e. The van der Waals surface area contributed by atoms with Crippen LogP contribution in [0.25, 0.3) is 0 Å². The Morgan fingerprint density at radius 1 is 1.41 bits per heavy atom. The zero-order chi connectivity index (χ0) is 13.1. The lowest BCUT2D eigenvalue weighted by atomic mass is 9.94. The highest BCUT2D eigenvalue weighted by molar-refractivity contribution is 7.86. The van der Waals surface area contributed by atoms with E-state index in [2.05, 4.69) is 6.92 Å². The van der Waals surface area contributed by atoms with Crippen LogP contribution < -0.4 is 5.73 Å². The molecule has 1 aliphatic rings. The number of hydrogen-bond acceptors (Lipinski definition) is 3. The molecule has 0 radical (unpaired) electrons. The minimum absolute atomic E-state index is 0.0917. The third kappa shape index (κ3) is 3.40. The van der Waals surface area contributed by atoms with E-state index in [0.29, 0.717) is 32.0 Å². The van der Waals surface area contributed by atoms with Crippen molar-refractivity contribution < 1.29 is 8.42 Å². The van der Waals surface area contributed by atoms with Crippen LogP contribution in [0.3, 0.4) is 0 Å². The molecule has 0 aromatic carbocycles. The molecule has 5 nitrogen and oxygen atoms in total. The number of nitrogens with two attached hydrogens (primary N) is 1. The first-order valence-corrected chi connectivity index (χ1v) is 7.74. The molecule has 0 aromatic rings. The summed E-state index contributed by atoms with van der Waals surface area (Å²) in [5.41, 5.74) is 5.41. The van der Waals surface area contributed by atoms with Gasteiger partial charge in [0.15, 0.2) is 0 Å². The zero-order valence-electron chi connectivity index (χ0n) is 11.1. The molecule has 17 heavy (non-hydrogen) atoms. The molecule has 2 unspecified atom stereocenters. The van der Waals surface area contributed by atoms with Crippen LogP contribution in [-0.4, -0.2) is 49.8 Å². The predicted octanol–water partition coefficient (Wildman–Crippen LogP) is 0.632. The summed E-state index contributed by atoms with van der Waals surface area (Å²) in [6.45, 7) is 5.77. The topological polar surface area (TPSA) is 66.6 Å². The molecule has 6 heteroatoms. The van der Waals surface area contributed by atoms with E-state index in [1.807, 2.05) is 6.92 Å². The zero-order valence-corrected chi connectivity index (χ0v) is 11.9. The highest BCUT2D eigenvalue weighted by atomic mass is 32.2. The fraction of sp³-hybridized carbons (Fsp3) is 1.00. The molecule has 1 fully saturated rings. The van der Waals surface area contributed by atoms with Crippen LogP contribution in [0.5, 0.6) is 0 Å². The number of nitrogens with zero attached hydrogens (tertiary/aromatic N) is 2. The molecule has 1 aliphatic heterocycles. The monoisotopic (exact) mass is 263 g/mol. The van der Waals surface area contributed by atoms with Gasteiger partial charge in [0, 0.05) is 26.2 Å². The summed E-state index contributed by atoms with van der Waals surface area (Å²) in [5.74, 6) is 0.432. The van der Waals surface area contributed by atoms with Gasteiger partial charge >= 0.3 is 0 Å². The van der Waals surface area contributed by atoms with Crippen molar-refractivity contribution in [2.45, 2.75) is 39.2 Å². The van der Waals surface area contributed by atoms with Crippen LogP contribution in [0.4, 0.5) is 0 Å². The summed E-state index contributed by atoms with van der Waals surface area (Å²) >= 11 is 0. The second kappa shape index (κ2) is 6.13. The van der Waals surface area contributed by atoms with Crippen LogP contribution in [0.15, 0.2) is 0 Å². The summed E-state index contributed by atoms with van der Waals surface area (Å²) in [5, 5.41) is 0. The number of piperidine rings is 1. The molecule has 0 bridgehead atoms. The standard InChI is InChI=1S/C11H25N3O2S/c1-10-6-4-9-14(11(10)2)17(15,16)13(3)8-5-7-12/h10-11H,4-9,12H2,1-3H3. The van der Waals surface area contributed by atoms with Crippen molar-refractivity contribution in [1.82, 2.24) is 8.61 Å². The van der Waals surface area contributed by atoms with E-state index < -0.39 is 10.2 Å². The van der Waals surface area contributed by atoms with Crippen molar-refractivity contribution in [3.63, 3.8) is 0 Å². The van der Waals surface area contributed by atoms with Crippen molar-refractivity contribution in [3.05, 3.63) is 0 Å². The van der Waals surface area contributed by atoms with Crippen LogP contribution >= 0.6 is 0 Å². The van der Waals surface area contributed by atoms with E-state index in [4.69, 9.17) is 5.73 Å². The molecule has 0 amide bonds. The Kier molecular flexibility index (Phi) is 5.37. The summed E-state index contributed by atoms with van der Waals surface area (Å²) in [6.07, 6.45) is 2.77. The quantitative estimate of drug-likeness (QED) is 0.791. The van der Waals surface area contributed by atoms with Crippen molar-refractivity contribution in [2.24, 2.45) is 11.7 Å². The molecule has 0 spiro atoms. The highest BCUT2D eigenvalue weighted by Gasteiger charge is 2.35. The molecule has 0 aliphatic carbocycles. The van der Waals surface area contributed by atoms with Gasteiger partial charge in [-0.15, -0.1) is 0 Å². The summed E-state index contributed by atoms with van der Waals surface area (Å²) in [6, 6.07) is 0.0917. The molecule has 2 N–H and O–H groups in total. The summed E-state index contributed by atoms with van der Waals surface area (Å²) in [4.78, 5) is 0. The second-order valence-corrected chi connectivity index (χ2v) is 6.93. The smallest absolute Gasteiger partial charge is 0.281 e. The Morgan fingerprint density at radius 2 is 2.06 bits per heavy atom. The van der Waals surface area contributed by atoms with Crippen molar-refractivity contribution in [2.75, 3.05) is 26.7 Å². The largest absolute Gasteiger partial charge is 0.330 e. The highest BCUT2D eigenvalue weighted by Crippen LogP contribution is 2.26. The van der Waals surface area contributed by atoms with Crippen molar-refractivity contribution in [3.8, 4) is 0 Å². The van der Waals surface area contributed by atoms with Gasteiger partial charge in [-0.05, 0) is 38.6 Å². The normalized spacial score (nSPS) is 27.6. The van der Waals surface area contributed by atoms with Crippen LogP contribution in [0.2, 0.25) is 0 Å². The lowest BCUT2D eigenvalue weighted by molar-refractivity contribution is 0.191. The van der Waals surface area contributed by atoms with E-state index in [9.17, 15) is 8.42 Å². The Labute approximate surface area is 105 Å². The first kappa shape index (κ1) is 14.9. The maximum absolute atomic E-state index is 12.4. The van der Waals surface area contributed by atoms with Gasteiger partial charge < -0.3 is 5.73 Å². The number of hydrogen-bond donors (Lipinski definition) is 1. The Hall–Kier alpha value is -0.170. The molecule has 1 saturated heterocycles. The van der Waals surface area contributed by atoms with Gasteiger partial charge in [-0.3, -0.25) is 0 Å². The molecule has 2 atom stereocenters. The molecule has 0 saturated carbocycles. The average molecular weight is 263 g/mol. The van der Waals surface area contributed by atoms with Crippen LogP contribution in [0.1, 0.15) is 33.1 Å². The average Bonchev–Trinajstić information content (AvgIpc) is 2.29. The fourth-order valence-corrected chi connectivity index (χ4v) is 3.94. The minimum atomic E-state index is -3.31. The lowest BCUT2D eigenvalue weighted by Gasteiger charge is -2.38. The van der Waals surface area contributed by atoms with Crippen molar-refractivity contribution >= 4 is 10.2 Å². The Bertz CT molecular complexity index is 332. The van der Waals surface area contributed by atoms with E-state index in [1.54, 1.807) is 11.4 Å². The predicted molar refractivity (Wildman–Crippen MR) is 69.8 cm³/mol. The third-order valence-electron chi connectivity index (χ3n) is 3.68. The van der Waals surface area contributed by atoms with Crippen LogP contribution in [0, 0.1) is 5.92 Å². The molecule has 102 valence electrons. The molecular weight excluding hydrogens is 238 g/mol. The van der Waals surface area contributed by atoms with Gasteiger partial charge in [-0.2, -0.15) is 17.0 Å². The number of rotatable bonds is 5.